The topological polar surface area (TPSA) is 94.8 Å². The molecule has 2 heterocycles. The maximum atomic E-state index is 13.8. The Morgan fingerprint density at radius 3 is 2.57 bits per heavy atom. The Hall–Kier alpha value is -3.47. The van der Waals surface area contributed by atoms with Crippen LogP contribution in [-0.2, 0) is 13.0 Å². The molecule has 0 unspecified atom stereocenters. The minimum absolute atomic E-state index is 0.0571. The number of nitrogens with zero attached hydrogens (tertiary/aromatic N) is 3. The molecule has 0 spiro atoms. The van der Waals surface area contributed by atoms with Crippen LogP contribution in [0, 0.1) is 11.6 Å². The van der Waals surface area contributed by atoms with Crippen LogP contribution in [-0.4, -0.2) is 20.7 Å². The van der Waals surface area contributed by atoms with Gasteiger partial charge in [-0.15, -0.1) is 0 Å². The van der Waals surface area contributed by atoms with E-state index in [1.807, 2.05) is 0 Å². The number of pyridine rings is 1. The van der Waals surface area contributed by atoms with Gasteiger partial charge in [0.1, 0.15) is 5.69 Å². The van der Waals surface area contributed by atoms with Crippen molar-refractivity contribution in [3.63, 3.8) is 0 Å². The average Bonchev–Trinajstić information content (AvgIpc) is 3.18. The molecule has 0 fully saturated rings. The van der Waals surface area contributed by atoms with Crippen LogP contribution in [0.3, 0.4) is 0 Å². The van der Waals surface area contributed by atoms with E-state index in [-0.39, 0.29) is 23.2 Å². The Morgan fingerprint density at radius 1 is 1.10 bits per heavy atom. The molecule has 0 radical (unpaired) electrons. The maximum Gasteiger partial charge on any atom is 0.434 e. The molecule has 0 saturated carbocycles. The molecule has 0 aliphatic heterocycles. The molecule has 2 aromatic heterocycles. The molecule has 1 aromatic carbocycles. The van der Waals surface area contributed by atoms with Gasteiger partial charge in [0, 0.05) is 24.5 Å². The van der Waals surface area contributed by atoms with Crippen LogP contribution in [0.15, 0.2) is 54.7 Å². The van der Waals surface area contributed by atoms with Gasteiger partial charge in [-0.2, -0.15) is 13.2 Å². The standard InChI is InChI=1S/C19H17F5N6/c20-13-3-1-2-11(16(13)21)5-7-30-9-15(28-10-30)14-8-12(4-6-27-14)17(25)18(29-26)19(22,23)24/h1-4,6,8-10,29H,5,7,25-26H2/b18-17-. The fraction of sp³-hybridized carbons (Fsp3) is 0.158. The van der Waals surface area contributed by atoms with Crippen molar-refractivity contribution in [3.05, 3.63) is 77.5 Å². The van der Waals surface area contributed by atoms with Crippen molar-refractivity contribution in [2.24, 2.45) is 11.6 Å². The van der Waals surface area contributed by atoms with Crippen molar-refractivity contribution < 1.29 is 22.0 Å². The van der Waals surface area contributed by atoms with Gasteiger partial charge in [-0.05, 0) is 30.2 Å². The highest BCUT2D eigenvalue weighted by Crippen LogP contribution is 2.28. The highest BCUT2D eigenvalue weighted by Gasteiger charge is 2.36. The summed E-state index contributed by atoms with van der Waals surface area (Å²) in [5.74, 6) is 3.14. The number of benzene rings is 1. The van der Waals surface area contributed by atoms with Gasteiger partial charge in [-0.25, -0.2) is 13.8 Å². The Labute approximate surface area is 168 Å². The second-order valence-electron chi connectivity index (χ2n) is 6.32. The fourth-order valence-electron chi connectivity index (χ4n) is 2.80. The minimum atomic E-state index is -4.75. The molecule has 3 rings (SSSR count). The third kappa shape index (κ3) is 4.57. The molecular weight excluding hydrogens is 407 g/mol. The largest absolute Gasteiger partial charge is 0.434 e. The molecular formula is C19H17F5N6. The number of aryl methyl sites for hydroxylation is 2. The van der Waals surface area contributed by atoms with Gasteiger partial charge in [0.05, 0.1) is 17.7 Å². The monoisotopic (exact) mass is 424 g/mol. The Morgan fingerprint density at radius 2 is 1.87 bits per heavy atom. The van der Waals surface area contributed by atoms with Gasteiger partial charge >= 0.3 is 6.18 Å². The van der Waals surface area contributed by atoms with Crippen molar-refractivity contribution >= 4 is 5.70 Å². The van der Waals surface area contributed by atoms with E-state index in [0.29, 0.717) is 12.2 Å². The summed E-state index contributed by atoms with van der Waals surface area (Å²) in [7, 11) is 0. The second kappa shape index (κ2) is 8.49. The summed E-state index contributed by atoms with van der Waals surface area (Å²) in [6.07, 6.45) is -0.184. The summed E-state index contributed by atoms with van der Waals surface area (Å²) in [6.45, 7) is 0.310. The Balaban J connectivity index is 1.81. The summed E-state index contributed by atoms with van der Waals surface area (Å²) in [5.41, 5.74) is 6.27. The fourth-order valence-corrected chi connectivity index (χ4v) is 2.80. The highest BCUT2D eigenvalue weighted by atomic mass is 19.4. The van der Waals surface area contributed by atoms with Crippen LogP contribution < -0.4 is 17.0 Å². The van der Waals surface area contributed by atoms with Crippen LogP contribution in [0.1, 0.15) is 11.1 Å². The lowest BCUT2D eigenvalue weighted by molar-refractivity contribution is -0.0961. The first kappa shape index (κ1) is 21.2. The van der Waals surface area contributed by atoms with E-state index in [9.17, 15) is 22.0 Å². The first-order valence-corrected chi connectivity index (χ1v) is 8.65. The number of imidazole rings is 1. The van der Waals surface area contributed by atoms with Crippen molar-refractivity contribution in [1.82, 2.24) is 20.0 Å². The zero-order chi connectivity index (χ0) is 21.9. The van der Waals surface area contributed by atoms with Gasteiger partial charge in [0.15, 0.2) is 17.3 Å². The SMILES string of the molecule is NN/C(=C(\N)c1ccnc(-c2cn(CCc3cccc(F)c3F)cn2)c1)C(F)(F)F. The maximum absolute atomic E-state index is 13.8. The Kier molecular flexibility index (Phi) is 6.01. The molecule has 30 heavy (non-hydrogen) atoms. The molecule has 0 saturated heterocycles. The number of hydrazine groups is 1. The molecule has 3 aromatic rings. The van der Waals surface area contributed by atoms with E-state index >= 15 is 0 Å². The van der Waals surface area contributed by atoms with Crippen molar-refractivity contribution in [1.29, 1.82) is 0 Å². The van der Waals surface area contributed by atoms with Crippen molar-refractivity contribution in [2.45, 2.75) is 19.1 Å². The lowest BCUT2D eigenvalue weighted by Crippen LogP contribution is -2.34. The average molecular weight is 424 g/mol. The number of rotatable bonds is 6. The van der Waals surface area contributed by atoms with E-state index in [1.165, 1.54) is 36.8 Å². The summed E-state index contributed by atoms with van der Waals surface area (Å²) < 4.78 is 67.7. The summed E-state index contributed by atoms with van der Waals surface area (Å²) >= 11 is 0. The number of hydrogen-bond donors (Lipinski definition) is 3. The zero-order valence-electron chi connectivity index (χ0n) is 15.4. The van der Waals surface area contributed by atoms with Gasteiger partial charge in [-0.1, -0.05) is 12.1 Å². The van der Waals surface area contributed by atoms with Crippen LogP contribution >= 0.6 is 0 Å². The Bertz CT molecular complexity index is 1070. The normalized spacial score (nSPS) is 12.6. The number of hydrogen-bond acceptors (Lipinski definition) is 5. The molecule has 5 N–H and O–H groups in total. The van der Waals surface area contributed by atoms with E-state index < -0.39 is 29.2 Å². The molecule has 0 bridgehead atoms. The second-order valence-corrected chi connectivity index (χ2v) is 6.32. The lowest BCUT2D eigenvalue weighted by Gasteiger charge is -2.14. The van der Waals surface area contributed by atoms with Gasteiger partial charge in [0.2, 0.25) is 0 Å². The van der Waals surface area contributed by atoms with Crippen LogP contribution in [0.25, 0.3) is 17.1 Å². The number of halogens is 5. The molecule has 0 atom stereocenters. The summed E-state index contributed by atoms with van der Waals surface area (Å²) in [6, 6.07) is 6.60. The predicted octanol–water partition coefficient (Wildman–Crippen LogP) is 3.12. The molecule has 0 aliphatic carbocycles. The number of aromatic nitrogens is 3. The first-order chi connectivity index (χ1) is 14.2. The minimum Gasteiger partial charge on any atom is -0.397 e. The lowest BCUT2D eigenvalue weighted by atomic mass is 10.1. The number of nitrogens with two attached hydrogens (primary N) is 2. The van der Waals surface area contributed by atoms with E-state index in [2.05, 4.69) is 9.97 Å². The van der Waals surface area contributed by atoms with Crippen LogP contribution in [0.2, 0.25) is 0 Å². The van der Waals surface area contributed by atoms with Crippen molar-refractivity contribution in [2.75, 3.05) is 0 Å². The quantitative estimate of drug-likeness (QED) is 0.321. The first-order valence-electron chi connectivity index (χ1n) is 8.65. The molecule has 158 valence electrons. The summed E-state index contributed by atoms with van der Waals surface area (Å²) in [4.78, 5) is 8.27. The number of alkyl halides is 3. The number of allylic oxidation sites excluding steroid dienone is 1. The zero-order valence-corrected chi connectivity index (χ0v) is 15.4. The van der Waals surface area contributed by atoms with Gasteiger partial charge in [0.25, 0.3) is 0 Å². The summed E-state index contributed by atoms with van der Waals surface area (Å²) in [5, 5.41) is 0. The van der Waals surface area contributed by atoms with Gasteiger partial charge in [-0.3, -0.25) is 10.8 Å². The van der Waals surface area contributed by atoms with Crippen LogP contribution in [0.4, 0.5) is 22.0 Å². The predicted molar refractivity (Wildman–Crippen MR) is 100 cm³/mol. The third-order valence-electron chi connectivity index (χ3n) is 4.33. The van der Waals surface area contributed by atoms with Crippen LogP contribution in [0.5, 0.6) is 0 Å². The molecule has 0 amide bonds. The number of nitrogens with one attached hydrogen (secondary N) is 1. The van der Waals surface area contributed by atoms with Crippen molar-refractivity contribution in [3.8, 4) is 11.4 Å². The molecule has 6 nitrogen and oxygen atoms in total. The third-order valence-corrected chi connectivity index (χ3v) is 4.33. The highest BCUT2D eigenvalue weighted by molar-refractivity contribution is 5.69. The molecule has 11 heteroatoms. The molecule has 0 aliphatic rings. The van der Waals surface area contributed by atoms with E-state index in [1.54, 1.807) is 16.2 Å². The van der Waals surface area contributed by atoms with Gasteiger partial charge < -0.3 is 15.7 Å². The van der Waals surface area contributed by atoms with E-state index in [4.69, 9.17) is 11.6 Å². The van der Waals surface area contributed by atoms with E-state index in [0.717, 1.165) is 6.07 Å². The smallest absolute Gasteiger partial charge is 0.397 e.